The molecule has 12 heteroatoms. The van der Waals surface area contributed by atoms with Gasteiger partial charge in [-0.15, -0.1) is 0 Å². The third-order valence-corrected chi connectivity index (χ3v) is 13.3. The number of nitrogens with zero attached hydrogens (tertiary/aromatic N) is 4. The lowest BCUT2D eigenvalue weighted by atomic mass is 9.68. The van der Waals surface area contributed by atoms with E-state index in [1.54, 1.807) is 30.2 Å². The zero-order valence-corrected chi connectivity index (χ0v) is 34.0. The first-order valence-corrected chi connectivity index (χ1v) is 20.9. The minimum absolute atomic E-state index is 0.128. The summed E-state index contributed by atoms with van der Waals surface area (Å²) in [5.41, 5.74) is 5.41. The van der Waals surface area contributed by atoms with Gasteiger partial charge in [0.1, 0.15) is 34.7 Å². The molecule has 0 saturated carbocycles. The van der Waals surface area contributed by atoms with Crippen molar-refractivity contribution in [3.63, 3.8) is 0 Å². The maximum atomic E-state index is 16.4. The number of carbonyl (C=O) groups is 3. The molecule has 59 heavy (non-hydrogen) atoms. The molecule has 3 fully saturated rings. The maximum absolute atomic E-state index is 16.4. The second-order valence-corrected chi connectivity index (χ2v) is 17.3. The van der Waals surface area contributed by atoms with Crippen molar-refractivity contribution in [1.82, 2.24) is 15.1 Å². The van der Waals surface area contributed by atoms with Gasteiger partial charge in [0, 0.05) is 93.5 Å². The third kappa shape index (κ3) is 7.47. The Bertz CT molecular complexity index is 2280. The van der Waals surface area contributed by atoms with Gasteiger partial charge in [0.2, 0.25) is 11.8 Å². The first-order chi connectivity index (χ1) is 28.4. The summed E-state index contributed by atoms with van der Waals surface area (Å²) in [5.74, 6) is 0.572. The number of ether oxygens (including phenoxy) is 2. The van der Waals surface area contributed by atoms with Gasteiger partial charge in [-0.2, -0.15) is 0 Å². The van der Waals surface area contributed by atoms with Gasteiger partial charge in [-0.1, -0.05) is 24.3 Å². The predicted octanol–water partition coefficient (Wildman–Crippen LogP) is 6.43. The lowest BCUT2D eigenvalue weighted by Crippen LogP contribution is -2.52. The molecule has 5 heterocycles. The average molecular weight is 802 g/mol. The average Bonchev–Trinajstić information content (AvgIpc) is 3.55. The van der Waals surface area contributed by atoms with Crippen LogP contribution in [0.4, 0.5) is 15.8 Å². The molecule has 9 rings (SSSR count). The minimum atomic E-state index is -0.672. The number of piperazine rings is 1. The van der Waals surface area contributed by atoms with Crippen LogP contribution in [0.5, 0.6) is 17.2 Å². The standard InChI is InChI=1S/C47H52FN5O6/c1-47(2)44(31-5-4-6-35(24-31)58-3)43(37-11-9-34(54)26-41(37)59-47)30-7-12-39(38(48)25-30)52-17-15-29(16-18-52)27-50-19-21-51(22-20-50)33-8-10-36-32(23-33)28-53(46(36)57)40-13-14-42(55)49-45(40)56/h4-12,23-26,29,40,43-44,54H,13-22,27-28H2,1-3H3,(H,49,55,56)/t40-,43+,44+/m0/s1. The molecule has 0 bridgehead atoms. The van der Waals surface area contributed by atoms with Gasteiger partial charge >= 0.3 is 0 Å². The number of anilines is 2. The number of fused-ring (bicyclic) bond motifs is 2. The number of phenolic OH excluding ortho intramolecular Hbond substituents is 1. The Morgan fingerprint density at radius 1 is 0.864 bits per heavy atom. The van der Waals surface area contributed by atoms with E-state index in [9.17, 15) is 19.5 Å². The summed E-state index contributed by atoms with van der Waals surface area (Å²) in [5, 5.41) is 12.7. The molecule has 5 aliphatic heterocycles. The molecule has 4 aromatic carbocycles. The van der Waals surface area contributed by atoms with Gasteiger partial charge in [-0.25, -0.2) is 4.39 Å². The zero-order chi connectivity index (χ0) is 41.0. The number of imide groups is 1. The lowest BCUT2D eigenvalue weighted by Gasteiger charge is -2.46. The SMILES string of the molecule is COc1cccc([C@@H]2[C@H](c3ccc(N4CCC(CN5CCN(c6ccc7c(c6)CN([C@H]6CCC(=O)NC6=O)C7=O)CC5)CC4)c(F)c3)c3ccc(O)cc3OC2(C)C)c1. The van der Waals surface area contributed by atoms with Crippen molar-refractivity contribution < 1.29 is 33.4 Å². The summed E-state index contributed by atoms with van der Waals surface area (Å²) >= 11 is 0. The number of carbonyl (C=O) groups excluding carboxylic acids is 3. The molecule has 0 aliphatic carbocycles. The topological polar surface area (TPSA) is 115 Å². The highest BCUT2D eigenvalue weighted by molar-refractivity contribution is 6.05. The molecule has 11 nitrogen and oxygen atoms in total. The fourth-order valence-electron chi connectivity index (χ4n) is 10.2. The van der Waals surface area contributed by atoms with Crippen molar-refractivity contribution in [1.29, 1.82) is 0 Å². The lowest BCUT2D eigenvalue weighted by molar-refractivity contribution is -0.136. The largest absolute Gasteiger partial charge is 0.508 e. The number of benzene rings is 4. The molecule has 5 aliphatic rings. The van der Waals surface area contributed by atoms with Crippen molar-refractivity contribution in [2.45, 2.75) is 69.6 Å². The fourth-order valence-corrected chi connectivity index (χ4v) is 10.2. The van der Waals surface area contributed by atoms with E-state index in [4.69, 9.17) is 9.47 Å². The summed E-state index contributed by atoms with van der Waals surface area (Å²) in [6.07, 6.45) is 2.58. The van der Waals surface area contributed by atoms with Gasteiger partial charge in [-0.05, 0) is 104 Å². The molecule has 0 aromatic heterocycles. The van der Waals surface area contributed by atoms with Gasteiger partial charge in [0.05, 0.1) is 12.8 Å². The Labute approximate surface area is 344 Å². The van der Waals surface area contributed by atoms with Gasteiger partial charge < -0.3 is 29.3 Å². The number of amides is 3. The van der Waals surface area contributed by atoms with Gasteiger partial charge in [0.15, 0.2) is 0 Å². The monoisotopic (exact) mass is 801 g/mol. The molecule has 0 radical (unpaired) electrons. The van der Waals surface area contributed by atoms with E-state index in [0.717, 1.165) is 92.3 Å². The molecule has 4 aromatic rings. The quantitative estimate of drug-likeness (QED) is 0.195. The minimum Gasteiger partial charge on any atom is -0.508 e. The molecule has 3 atom stereocenters. The predicted molar refractivity (Wildman–Crippen MR) is 223 cm³/mol. The Morgan fingerprint density at radius 3 is 2.41 bits per heavy atom. The highest BCUT2D eigenvalue weighted by Gasteiger charge is 2.46. The molecule has 3 amide bonds. The van der Waals surface area contributed by atoms with Crippen molar-refractivity contribution >= 4 is 29.1 Å². The van der Waals surface area contributed by atoms with Crippen LogP contribution in [0.2, 0.25) is 0 Å². The van der Waals surface area contributed by atoms with E-state index in [0.29, 0.717) is 35.9 Å². The van der Waals surface area contributed by atoms with Crippen LogP contribution in [0.3, 0.4) is 0 Å². The van der Waals surface area contributed by atoms with E-state index < -0.39 is 17.6 Å². The fraction of sp³-hybridized carbons (Fsp3) is 0.426. The molecule has 2 N–H and O–H groups in total. The number of methoxy groups -OCH3 is 1. The van der Waals surface area contributed by atoms with E-state index in [2.05, 4.69) is 38.2 Å². The van der Waals surface area contributed by atoms with Crippen LogP contribution in [0.25, 0.3) is 0 Å². The van der Waals surface area contributed by atoms with Crippen molar-refractivity contribution in [2.24, 2.45) is 5.92 Å². The summed E-state index contributed by atoms with van der Waals surface area (Å²) in [6.45, 7) is 10.7. The van der Waals surface area contributed by atoms with E-state index >= 15 is 4.39 Å². The number of phenols is 1. The Kier molecular flexibility index (Phi) is 10.2. The highest BCUT2D eigenvalue weighted by atomic mass is 19.1. The van der Waals surface area contributed by atoms with Crippen LogP contribution in [-0.4, -0.2) is 97.2 Å². The van der Waals surface area contributed by atoms with Crippen LogP contribution < -0.4 is 24.6 Å². The normalized spacial score (nSPS) is 23.4. The van der Waals surface area contributed by atoms with Crippen molar-refractivity contribution in [3.05, 3.63) is 112 Å². The first-order valence-electron chi connectivity index (χ1n) is 20.9. The van der Waals surface area contributed by atoms with E-state index in [1.165, 1.54) is 0 Å². The van der Waals surface area contributed by atoms with Crippen LogP contribution in [0, 0.1) is 11.7 Å². The number of halogens is 1. The van der Waals surface area contributed by atoms with Crippen LogP contribution in [0.1, 0.15) is 84.0 Å². The second-order valence-electron chi connectivity index (χ2n) is 17.3. The second kappa shape index (κ2) is 15.5. The maximum Gasteiger partial charge on any atom is 0.255 e. The number of nitrogens with one attached hydrogen (secondary N) is 1. The van der Waals surface area contributed by atoms with Gasteiger partial charge in [-0.3, -0.25) is 24.6 Å². The highest BCUT2D eigenvalue weighted by Crippen LogP contribution is 2.54. The summed E-state index contributed by atoms with van der Waals surface area (Å²) < 4.78 is 28.5. The third-order valence-electron chi connectivity index (χ3n) is 13.3. The van der Waals surface area contributed by atoms with Crippen LogP contribution in [-0.2, 0) is 16.1 Å². The molecule has 3 saturated heterocycles. The smallest absolute Gasteiger partial charge is 0.255 e. The summed E-state index contributed by atoms with van der Waals surface area (Å²) in [7, 11) is 1.65. The number of aromatic hydroxyl groups is 1. The number of hydrogen-bond acceptors (Lipinski definition) is 9. The van der Waals surface area contributed by atoms with E-state index in [1.807, 2.05) is 56.3 Å². The van der Waals surface area contributed by atoms with Gasteiger partial charge in [0.25, 0.3) is 5.91 Å². The summed E-state index contributed by atoms with van der Waals surface area (Å²) in [4.78, 5) is 46.0. The molecule has 0 spiro atoms. The van der Waals surface area contributed by atoms with Crippen LogP contribution in [0.15, 0.2) is 78.9 Å². The molecule has 308 valence electrons. The Balaban J connectivity index is 0.821. The van der Waals surface area contributed by atoms with Crippen molar-refractivity contribution in [2.75, 3.05) is 62.7 Å². The number of rotatable bonds is 8. The molecular weight excluding hydrogens is 750 g/mol. The number of hydrogen-bond donors (Lipinski definition) is 2. The molecular formula is C47H52FN5O6. The number of piperidine rings is 2. The van der Waals surface area contributed by atoms with Crippen molar-refractivity contribution in [3.8, 4) is 17.2 Å². The Morgan fingerprint density at radius 2 is 1.66 bits per heavy atom. The summed E-state index contributed by atoms with van der Waals surface area (Å²) in [6, 6.07) is 24.3. The van der Waals surface area contributed by atoms with E-state index in [-0.39, 0.29) is 41.6 Å². The first kappa shape index (κ1) is 38.9. The van der Waals surface area contributed by atoms with Crippen LogP contribution >= 0.6 is 0 Å². The zero-order valence-electron chi connectivity index (χ0n) is 34.0. The Hall–Kier alpha value is -5.62. The molecule has 0 unspecified atom stereocenters.